The van der Waals surface area contributed by atoms with Crippen molar-refractivity contribution in [2.24, 2.45) is 0 Å². The Hall–Kier alpha value is -0.770. The number of nitrogens with one attached hydrogen (secondary N) is 1. The molecule has 0 amide bonds. The third kappa shape index (κ3) is 2.09. The molecular weight excluding hydrogens is 208 g/mol. The van der Waals surface area contributed by atoms with Crippen molar-refractivity contribution in [3.63, 3.8) is 0 Å². The summed E-state index contributed by atoms with van der Waals surface area (Å²) in [6.07, 6.45) is 3.12. The fourth-order valence-electron chi connectivity index (χ4n) is 1.99. The van der Waals surface area contributed by atoms with Crippen LogP contribution in [-0.2, 0) is 6.42 Å². The number of nitrogens with zero attached hydrogens (tertiary/aromatic N) is 1. The molecule has 1 aromatic heterocycles. The van der Waals surface area contributed by atoms with Crippen molar-refractivity contribution >= 4 is 11.8 Å². The van der Waals surface area contributed by atoms with E-state index in [0.29, 0.717) is 5.25 Å². The average Bonchev–Trinajstić information content (AvgIpc) is 2.69. The molecule has 2 heterocycles. The highest BCUT2D eigenvalue weighted by molar-refractivity contribution is 7.99. The number of H-pyrrole nitrogens is 1. The van der Waals surface area contributed by atoms with Gasteiger partial charge in [-0.15, -0.1) is 0 Å². The standard InChI is InChI=1S/C11H16N2OS/c1-3-8-7(2)12-10(13-11(8)14)9-5-4-6-15-9/h9H,3-6H2,1-2H3,(H,12,13,14). The highest BCUT2D eigenvalue weighted by atomic mass is 32.2. The van der Waals surface area contributed by atoms with Crippen molar-refractivity contribution in [2.45, 2.75) is 38.4 Å². The lowest BCUT2D eigenvalue weighted by atomic mass is 10.2. The maximum Gasteiger partial charge on any atom is 0.254 e. The summed E-state index contributed by atoms with van der Waals surface area (Å²) >= 11 is 1.89. The molecule has 1 aromatic rings. The first-order valence-electron chi connectivity index (χ1n) is 5.43. The molecule has 1 fully saturated rings. The van der Waals surface area contributed by atoms with Gasteiger partial charge in [0.25, 0.3) is 5.56 Å². The number of thioether (sulfide) groups is 1. The van der Waals surface area contributed by atoms with E-state index in [1.807, 2.05) is 25.6 Å². The summed E-state index contributed by atoms with van der Waals surface area (Å²) in [6.45, 7) is 3.92. The largest absolute Gasteiger partial charge is 0.309 e. The maximum absolute atomic E-state index is 11.7. The molecule has 0 radical (unpaired) electrons. The molecular formula is C11H16N2OS. The fraction of sp³-hybridized carbons (Fsp3) is 0.636. The summed E-state index contributed by atoms with van der Waals surface area (Å²) in [5.74, 6) is 2.06. The lowest BCUT2D eigenvalue weighted by Crippen LogP contribution is -2.19. The first-order valence-corrected chi connectivity index (χ1v) is 6.48. The summed E-state index contributed by atoms with van der Waals surface area (Å²) in [6, 6.07) is 0. The third-order valence-corrected chi connectivity index (χ3v) is 4.21. The second kappa shape index (κ2) is 4.39. The van der Waals surface area contributed by atoms with Crippen LogP contribution >= 0.6 is 11.8 Å². The normalized spacial score (nSPS) is 20.8. The van der Waals surface area contributed by atoms with Crippen molar-refractivity contribution in [1.82, 2.24) is 9.97 Å². The van der Waals surface area contributed by atoms with E-state index in [-0.39, 0.29) is 5.56 Å². The molecule has 0 aromatic carbocycles. The minimum atomic E-state index is 0.0486. The molecule has 4 heteroatoms. The van der Waals surface area contributed by atoms with Crippen LogP contribution in [-0.4, -0.2) is 15.7 Å². The van der Waals surface area contributed by atoms with Gasteiger partial charge in [0.05, 0.1) is 5.25 Å². The van der Waals surface area contributed by atoms with Gasteiger partial charge in [-0.3, -0.25) is 4.79 Å². The zero-order chi connectivity index (χ0) is 10.8. The number of aryl methyl sites for hydroxylation is 1. The monoisotopic (exact) mass is 224 g/mol. The Kier molecular flexibility index (Phi) is 3.14. The molecule has 3 nitrogen and oxygen atoms in total. The summed E-state index contributed by atoms with van der Waals surface area (Å²) in [5.41, 5.74) is 1.76. The Morgan fingerprint density at radius 1 is 1.60 bits per heavy atom. The second-order valence-electron chi connectivity index (χ2n) is 3.87. The van der Waals surface area contributed by atoms with Crippen LogP contribution in [0.25, 0.3) is 0 Å². The highest BCUT2D eigenvalue weighted by Crippen LogP contribution is 2.37. The lowest BCUT2D eigenvalue weighted by molar-refractivity contribution is 0.757. The van der Waals surface area contributed by atoms with Gasteiger partial charge in [0.2, 0.25) is 0 Å². The van der Waals surface area contributed by atoms with Gasteiger partial charge < -0.3 is 4.98 Å². The number of aromatic nitrogens is 2. The van der Waals surface area contributed by atoms with E-state index in [4.69, 9.17) is 0 Å². The molecule has 0 aliphatic carbocycles. The van der Waals surface area contributed by atoms with Crippen LogP contribution in [0.4, 0.5) is 0 Å². The summed E-state index contributed by atoms with van der Waals surface area (Å²) in [5, 5.41) is 0.405. The van der Waals surface area contributed by atoms with E-state index in [2.05, 4.69) is 9.97 Å². The van der Waals surface area contributed by atoms with Crippen LogP contribution in [0.3, 0.4) is 0 Å². The van der Waals surface area contributed by atoms with Crippen molar-refractivity contribution < 1.29 is 0 Å². The van der Waals surface area contributed by atoms with Crippen LogP contribution in [0.5, 0.6) is 0 Å². The molecule has 15 heavy (non-hydrogen) atoms. The zero-order valence-electron chi connectivity index (χ0n) is 9.17. The highest BCUT2D eigenvalue weighted by Gasteiger charge is 2.20. The topological polar surface area (TPSA) is 45.8 Å². The maximum atomic E-state index is 11.7. The SMILES string of the molecule is CCc1c(C)nc(C2CCCS2)[nH]c1=O. The Bertz CT molecular complexity index is 408. The van der Waals surface area contributed by atoms with Gasteiger partial charge in [0.15, 0.2) is 0 Å². The Balaban J connectivity index is 2.38. The van der Waals surface area contributed by atoms with E-state index in [9.17, 15) is 4.79 Å². The number of hydrogen-bond acceptors (Lipinski definition) is 3. The molecule has 0 bridgehead atoms. The number of aromatic amines is 1. The van der Waals surface area contributed by atoms with Crippen LogP contribution in [0.1, 0.15) is 42.1 Å². The Morgan fingerprint density at radius 3 is 2.93 bits per heavy atom. The van der Waals surface area contributed by atoms with Gasteiger partial charge in [-0.05, 0) is 31.9 Å². The van der Waals surface area contributed by atoms with Gasteiger partial charge in [-0.25, -0.2) is 4.98 Å². The Morgan fingerprint density at radius 2 is 2.40 bits per heavy atom. The third-order valence-electron chi connectivity index (χ3n) is 2.83. The number of rotatable bonds is 2. The first kappa shape index (κ1) is 10.7. The minimum absolute atomic E-state index is 0.0486. The molecule has 0 spiro atoms. The van der Waals surface area contributed by atoms with Crippen molar-refractivity contribution in [3.05, 3.63) is 27.4 Å². The van der Waals surface area contributed by atoms with Crippen LogP contribution in [0.15, 0.2) is 4.79 Å². The molecule has 1 aliphatic heterocycles. The van der Waals surface area contributed by atoms with Crippen LogP contribution < -0.4 is 5.56 Å². The van der Waals surface area contributed by atoms with Crippen molar-refractivity contribution in [3.8, 4) is 0 Å². The second-order valence-corrected chi connectivity index (χ2v) is 5.18. The fourth-order valence-corrected chi connectivity index (χ4v) is 3.22. The van der Waals surface area contributed by atoms with E-state index in [0.717, 1.165) is 29.9 Å². The van der Waals surface area contributed by atoms with E-state index in [1.54, 1.807) is 0 Å². The first-order chi connectivity index (χ1) is 7.22. The van der Waals surface area contributed by atoms with Crippen LogP contribution in [0, 0.1) is 6.92 Å². The molecule has 1 atom stereocenters. The van der Waals surface area contributed by atoms with E-state index in [1.165, 1.54) is 12.2 Å². The molecule has 2 rings (SSSR count). The summed E-state index contributed by atoms with van der Waals surface area (Å²) in [4.78, 5) is 19.2. The smallest absolute Gasteiger partial charge is 0.254 e. The molecule has 1 saturated heterocycles. The van der Waals surface area contributed by atoms with E-state index >= 15 is 0 Å². The molecule has 82 valence electrons. The predicted octanol–water partition coefficient (Wildman–Crippen LogP) is 2.21. The van der Waals surface area contributed by atoms with Gasteiger partial charge in [-0.1, -0.05) is 6.92 Å². The summed E-state index contributed by atoms with van der Waals surface area (Å²) in [7, 11) is 0. The minimum Gasteiger partial charge on any atom is -0.309 e. The van der Waals surface area contributed by atoms with Crippen LogP contribution in [0.2, 0.25) is 0 Å². The Labute approximate surface area is 93.7 Å². The quantitative estimate of drug-likeness (QED) is 0.837. The number of hydrogen-bond donors (Lipinski definition) is 1. The summed E-state index contributed by atoms with van der Waals surface area (Å²) < 4.78 is 0. The van der Waals surface area contributed by atoms with Crippen molar-refractivity contribution in [1.29, 1.82) is 0 Å². The average molecular weight is 224 g/mol. The molecule has 1 unspecified atom stereocenters. The van der Waals surface area contributed by atoms with Gasteiger partial charge in [0, 0.05) is 11.3 Å². The molecule has 1 N–H and O–H groups in total. The van der Waals surface area contributed by atoms with Gasteiger partial charge in [-0.2, -0.15) is 11.8 Å². The molecule has 1 aliphatic rings. The molecule has 0 saturated carbocycles. The van der Waals surface area contributed by atoms with Gasteiger partial charge in [0.1, 0.15) is 5.82 Å². The lowest BCUT2D eigenvalue weighted by Gasteiger charge is -2.10. The predicted molar refractivity (Wildman–Crippen MR) is 63.4 cm³/mol. The zero-order valence-corrected chi connectivity index (χ0v) is 9.99. The van der Waals surface area contributed by atoms with E-state index < -0.39 is 0 Å². The van der Waals surface area contributed by atoms with Gasteiger partial charge >= 0.3 is 0 Å². The van der Waals surface area contributed by atoms with Crippen molar-refractivity contribution in [2.75, 3.05) is 5.75 Å².